The average Bonchev–Trinajstić information content (AvgIpc) is 2.95. The predicted molar refractivity (Wildman–Crippen MR) is 103 cm³/mol. The Morgan fingerprint density at radius 1 is 1.14 bits per heavy atom. The molecule has 2 amide bonds. The summed E-state index contributed by atoms with van der Waals surface area (Å²) >= 11 is 0. The van der Waals surface area contributed by atoms with Crippen molar-refractivity contribution in [2.75, 3.05) is 51.8 Å². The molecule has 0 N–H and O–H groups in total. The second kappa shape index (κ2) is 8.16. The quantitative estimate of drug-likeness (QED) is 0.707. The number of hydrogen-bond acceptors (Lipinski definition) is 5. The van der Waals surface area contributed by atoms with Crippen LogP contribution in [-0.4, -0.2) is 86.7 Å². The first-order valence-corrected chi connectivity index (χ1v) is 11.4. The molecule has 0 saturated carbocycles. The van der Waals surface area contributed by atoms with Crippen LogP contribution in [0.1, 0.15) is 18.0 Å². The number of piperazine rings is 1. The summed E-state index contributed by atoms with van der Waals surface area (Å²) in [5.74, 6) is -0.918. The molecule has 2 fully saturated rings. The maximum atomic E-state index is 13.3. The van der Waals surface area contributed by atoms with E-state index < -0.39 is 21.8 Å². The molecule has 7 nitrogen and oxygen atoms in total. The number of nitrogens with zero attached hydrogens (tertiary/aromatic N) is 3. The standard InChI is InChI=1S/C19H26FN3O4S/c1-21-17(24)13-16(18(21)14-3-5-15(20)6-4-14)19(25)23-9-7-22(8-10-23)11-12-28(2,26)27/h3-6,16,18H,7-13H2,1-2H3. The Hall–Kier alpha value is -2.00. The van der Waals surface area contributed by atoms with Crippen molar-refractivity contribution in [3.05, 3.63) is 35.6 Å². The topological polar surface area (TPSA) is 78.0 Å². The third kappa shape index (κ3) is 4.70. The number of benzene rings is 1. The lowest BCUT2D eigenvalue weighted by Crippen LogP contribution is -2.51. The van der Waals surface area contributed by atoms with Crippen molar-refractivity contribution in [3.63, 3.8) is 0 Å². The summed E-state index contributed by atoms with van der Waals surface area (Å²) in [5, 5.41) is 0. The van der Waals surface area contributed by atoms with Crippen LogP contribution in [0.3, 0.4) is 0 Å². The summed E-state index contributed by atoms with van der Waals surface area (Å²) in [6, 6.07) is 5.53. The fourth-order valence-electron chi connectivity index (χ4n) is 3.93. The van der Waals surface area contributed by atoms with E-state index in [-0.39, 0.29) is 29.8 Å². The van der Waals surface area contributed by atoms with Gasteiger partial charge in [-0.05, 0) is 17.7 Å². The number of rotatable bonds is 5. The van der Waals surface area contributed by atoms with E-state index in [4.69, 9.17) is 0 Å². The second-order valence-electron chi connectivity index (χ2n) is 7.61. The molecular weight excluding hydrogens is 385 g/mol. The minimum atomic E-state index is -3.01. The van der Waals surface area contributed by atoms with Gasteiger partial charge in [0, 0.05) is 52.4 Å². The van der Waals surface area contributed by atoms with Crippen molar-refractivity contribution in [2.45, 2.75) is 12.5 Å². The van der Waals surface area contributed by atoms with Gasteiger partial charge < -0.3 is 9.80 Å². The molecule has 2 aliphatic rings. The van der Waals surface area contributed by atoms with Crippen molar-refractivity contribution in [1.82, 2.24) is 14.7 Å². The van der Waals surface area contributed by atoms with Crippen LogP contribution in [-0.2, 0) is 19.4 Å². The first-order valence-electron chi connectivity index (χ1n) is 9.36. The highest BCUT2D eigenvalue weighted by molar-refractivity contribution is 7.90. The zero-order valence-electron chi connectivity index (χ0n) is 16.2. The van der Waals surface area contributed by atoms with E-state index in [0.717, 1.165) is 5.56 Å². The van der Waals surface area contributed by atoms with Crippen LogP contribution < -0.4 is 0 Å². The van der Waals surface area contributed by atoms with Crippen LogP contribution in [0.25, 0.3) is 0 Å². The number of sulfone groups is 1. The van der Waals surface area contributed by atoms with Gasteiger partial charge in [0.25, 0.3) is 0 Å². The van der Waals surface area contributed by atoms with Crippen LogP contribution in [0, 0.1) is 11.7 Å². The second-order valence-corrected chi connectivity index (χ2v) is 9.87. The van der Waals surface area contributed by atoms with Crippen LogP contribution in [0.4, 0.5) is 4.39 Å². The summed E-state index contributed by atoms with van der Waals surface area (Å²) in [7, 11) is -1.34. The summed E-state index contributed by atoms with van der Waals surface area (Å²) in [6.07, 6.45) is 1.36. The Morgan fingerprint density at radius 3 is 2.32 bits per heavy atom. The highest BCUT2D eigenvalue weighted by atomic mass is 32.2. The molecule has 2 atom stereocenters. The fourth-order valence-corrected chi connectivity index (χ4v) is 4.52. The Morgan fingerprint density at radius 2 is 1.75 bits per heavy atom. The van der Waals surface area contributed by atoms with Gasteiger partial charge in [-0.3, -0.25) is 14.5 Å². The van der Waals surface area contributed by atoms with Gasteiger partial charge in [0.05, 0.1) is 17.7 Å². The van der Waals surface area contributed by atoms with Crippen LogP contribution in [0.5, 0.6) is 0 Å². The van der Waals surface area contributed by atoms with Crippen LogP contribution in [0.15, 0.2) is 24.3 Å². The molecule has 28 heavy (non-hydrogen) atoms. The third-order valence-electron chi connectivity index (χ3n) is 5.58. The van der Waals surface area contributed by atoms with Crippen molar-refractivity contribution in [1.29, 1.82) is 0 Å². The molecule has 9 heteroatoms. The minimum Gasteiger partial charge on any atom is -0.340 e. The number of halogens is 1. The smallest absolute Gasteiger partial charge is 0.228 e. The molecule has 2 unspecified atom stereocenters. The lowest BCUT2D eigenvalue weighted by Gasteiger charge is -2.37. The van der Waals surface area contributed by atoms with E-state index in [1.165, 1.54) is 18.4 Å². The molecule has 154 valence electrons. The average molecular weight is 411 g/mol. The molecule has 0 aliphatic carbocycles. The van der Waals surface area contributed by atoms with Gasteiger partial charge in [-0.1, -0.05) is 12.1 Å². The molecule has 0 aromatic heterocycles. The molecule has 1 aromatic rings. The molecular formula is C19H26FN3O4S. The monoisotopic (exact) mass is 411 g/mol. The normalized spacial score (nSPS) is 24.0. The predicted octanol–water partition coefficient (Wildman–Crippen LogP) is 0.534. The molecule has 3 rings (SSSR count). The highest BCUT2D eigenvalue weighted by Gasteiger charge is 2.44. The van der Waals surface area contributed by atoms with Gasteiger partial charge >= 0.3 is 0 Å². The molecule has 0 bridgehead atoms. The molecule has 2 saturated heterocycles. The van der Waals surface area contributed by atoms with E-state index in [0.29, 0.717) is 32.7 Å². The summed E-state index contributed by atoms with van der Waals surface area (Å²) in [6.45, 7) is 2.70. The minimum absolute atomic E-state index is 0.0743. The van der Waals surface area contributed by atoms with E-state index in [2.05, 4.69) is 0 Å². The number of amides is 2. The molecule has 2 aliphatic heterocycles. The SMILES string of the molecule is CN1C(=O)CC(C(=O)N2CCN(CCS(C)(=O)=O)CC2)C1c1ccc(F)cc1. The van der Waals surface area contributed by atoms with Crippen molar-refractivity contribution >= 4 is 21.7 Å². The molecule has 1 aromatic carbocycles. The van der Waals surface area contributed by atoms with Gasteiger partial charge in [0.1, 0.15) is 15.7 Å². The van der Waals surface area contributed by atoms with Gasteiger partial charge in [0.2, 0.25) is 11.8 Å². The first kappa shape index (κ1) is 20.7. The largest absolute Gasteiger partial charge is 0.340 e. The summed E-state index contributed by atoms with van der Waals surface area (Å²) in [5.41, 5.74) is 0.750. The van der Waals surface area contributed by atoms with Gasteiger partial charge in [0.15, 0.2) is 0 Å². The van der Waals surface area contributed by atoms with Gasteiger partial charge in [-0.25, -0.2) is 12.8 Å². The van der Waals surface area contributed by atoms with Crippen LogP contribution >= 0.6 is 0 Å². The Labute approximate surface area is 165 Å². The van der Waals surface area contributed by atoms with E-state index >= 15 is 0 Å². The van der Waals surface area contributed by atoms with E-state index in [1.54, 1.807) is 29.0 Å². The zero-order valence-corrected chi connectivity index (χ0v) is 17.0. The van der Waals surface area contributed by atoms with E-state index in [1.807, 2.05) is 4.90 Å². The lowest BCUT2D eigenvalue weighted by molar-refractivity contribution is -0.138. The zero-order chi connectivity index (χ0) is 20.5. The Bertz CT molecular complexity index is 835. The van der Waals surface area contributed by atoms with Gasteiger partial charge in [-0.2, -0.15) is 0 Å². The maximum Gasteiger partial charge on any atom is 0.228 e. The third-order valence-corrected chi connectivity index (χ3v) is 6.50. The number of likely N-dealkylation sites (tertiary alicyclic amines) is 1. The summed E-state index contributed by atoms with van der Waals surface area (Å²) < 4.78 is 35.9. The summed E-state index contributed by atoms with van der Waals surface area (Å²) in [4.78, 5) is 30.8. The number of hydrogen-bond donors (Lipinski definition) is 0. The molecule has 2 heterocycles. The van der Waals surface area contributed by atoms with Crippen LogP contribution in [0.2, 0.25) is 0 Å². The highest BCUT2D eigenvalue weighted by Crippen LogP contribution is 2.38. The molecule has 0 spiro atoms. The molecule has 0 radical (unpaired) electrons. The van der Waals surface area contributed by atoms with Crippen molar-refractivity contribution in [2.24, 2.45) is 5.92 Å². The Kier molecular flexibility index (Phi) is 6.04. The van der Waals surface area contributed by atoms with Crippen molar-refractivity contribution < 1.29 is 22.4 Å². The Balaban J connectivity index is 1.66. The number of carbonyl (C=O) groups is 2. The van der Waals surface area contributed by atoms with E-state index in [9.17, 15) is 22.4 Å². The van der Waals surface area contributed by atoms with Crippen molar-refractivity contribution in [3.8, 4) is 0 Å². The number of carbonyl (C=O) groups excluding carboxylic acids is 2. The first-order chi connectivity index (χ1) is 13.2. The fraction of sp³-hybridized carbons (Fsp3) is 0.579. The lowest BCUT2D eigenvalue weighted by atomic mass is 9.92. The van der Waals surface area contributed by atoms with Gasteiger partial charge in [-0.15, -0.1) is 0 Å². The maximum absolute atomic E-state index is 13.3.